The van der Waals surface area contributed by atoms with Gasteiger partial charge in [0.25, 0.3) is 0 Å². The zero-order valence-corrected chi connectivity index (χ0v) is 11.8. The van der Waals surface area contributed by atoms with Gasteiger partial charge in [-0.25, -0.2) is 9.97 Å². The molecule has 3 aromatic rings. The fourth-order valence-corrected chi connectivity index (χ4v) is 2.00. The van der Waals surface area contributed by atoms with Crippen LogP contribution in [0.2, 0.25) is 0 Å². The van der Waals surface area contributed by atoms with Crippen molar-refractivity contribution in [2.75, 3.05) is 24.8 Å². The van der Waals surface area contributed by atoms with E-state index in [0.717, 1.165) is 22.4 Å². The zero-order valence-electron chi connectivity index (χ0n) is 11.8. The number of aromatic nitrogens is 3. The molecule has 0 saturated heterocycles. The van der Waals surface area contributed by atoms with E-state index in [1.807, 2.05) is 30.3 Å². The maximum Gasteiger partial charge on any atom is 0.224 e. The van der Waals surface area contributed by atoms with Gasteiger partial charge in [-0.15, -0.1) is 0 Å². The van der Waals surface area contributed by atoms with E-state index in [-0.39, 0.29) is 0 Å². The van der Waals surface area contributed by atoms with Crippen LogP contribution in [0.4, 0.5) is 17.5 Å². The average Bonchev–Trinajstić information content (AvgIpc) is 2.55. The molecule has 2 aromatic heterocycles. The third-order valence-corrected chi connectivity index (χ3v) is 3.04. The molecule has 2 heterocycles. The van der Waals surface area contributed by atoms with Crippen LogP contribution in [0, 0.1) is 0 Å². The lowest BCUT2D eigenvalue weighted by molar-refractivity contribution is 0.398. The van der Waals surface area contributed by atoms with Gasteiger partial charge in [-0.05, 0) is 18.2 Å². The SMILES string of the molecule is CNc1nc(Nc2ccc(OC)nc2)c2ccccc2n1. The Morgan fingerprint density at radius 2 is 1.90 bits per heavy atom. The number of nitrogens with zero attached hydrogens (tertiary/aromatic N) is 3. The van der Waals surface area contributed by atoms with Crippen molar-refractivity contribution in [1.29, 1.82) is 0 Å². The number of ether oxygens (including phenoxy) is 1. The minimum absolute atomic E-state index is 0.567. The van der Waals surface area contributed by atoms with Crippen LogP contribution in [0.5, 0.6) is 5.88 Å². The number of hydrogen-bond acceptors (Lipinski definition) is 6. The molecule has 2 N–H and O–H groups in total. The number of nitrogens with one attached hydrogen (secondary N) is 2. The summed E-state index contributed by atoms with van der Waals surface area (Å²) in [5.41, 5.74) is 1.71. The molecule has 3 rings (SSSR count). The van der Waals surface area contributed by atoms with Gasteiger partial charge in [-0.3, -0.25) is 0 Å². The summed E-state index contributed by atoms with van der Waals surface area (Å²) in [6, 6.07) is 11.5. The van der Waals surface area contributed by atoms with Crippen molar-refractivity contribution in [3.8, 4) is 5.88 Å². The van der Waals surface area contributed by atoms with Crippen molar-refractivity contribution < 1.29 is 4.74 Å². The second-order valence-corrected chi connectivity index (χ2v) is 4.38. The third-order valence-electron chi connectivity index (χ3n) is 3.04. The number of pyridine rings is 1. The molecule has 0 aliphatic heterocycles. The summed E-state index contributed by atoms with van der Waals surface area (Å²) in [6.45, 7) is 0. The number of rotatable bonds is 4. The first-order chi connectivity index (χ1) is 10.3. The molecule has 0 amide bonds. The summed E-state index contributed by atoms with van der Waals surface area (Å²) in [4.78, 5) is 13.1. The lowest BCUT2D eigenvalue weighted by atomic mass is 10.2. The van der Waals surface area contributed by atoms with Crippen molar-refractivity contribution in [3.63, 3.8) is 0 Å². The minimum Gasteiger partial charge on any atom is -0.481 e. The molecular formula is C15H15N5O. The van der Waals surface area contributed by atoms with Gasteiger partial charge in [0.15, 0.2) is 0 Å². The molecule has 6 nitrogen and oxygen atoms in total. The highest BCUT2D eigenvalue weighted by atomic mass is 16.5. The van der Waals surface area contributed by atoms with Crippen LogP contribution in [0.3, 0.4) is 0 Å². The predicted molar refractivity (Wildman–Crippen MR) is 83.2 cm³/mol. The Balaban J connectivity index is 2.01. The first-order valence-corrected chi connectivity index (χ1v) is 6.52. The summed E-state index contributed by atoms with van der Waals surface area (Å²) in [5.74, 6) is 1.87. The van der Waals surface area contributed by atoms with E-state index in [2.05, 4.69) is 25.6 Å². The molecule has 0 aliphatic carbocycles. The number of anilines is 3. The highest BCUT2D eigenvalue weighted by molar-refractivity contribution is 5.91. The van der Waals surface area contributed by atoms with Crippen LogP contribution in [-0.4, -0.2) is 29.1 Å². The molecule has 6 heteroatoms. The molecule has 0 aliphatic rings. The van der Waals surface area contributed by atoms with Crippen molar-refractivity contribution >= 4 is 28.4 Å². The molecule has 0 fully saturated rings. The summed E-state index contributed by atoms with van der Waals surface area (Å²) in [5, 5.41) is 7.18. The lowest BCUT2D eigenvalue weighted by Crippen LogP contribution is -2.02. The van der Waals surface area contributed by atoms with Crippen LogP contribution < -0.4 is 15.4 Å². The van der Waals surface area contributed by atoms with E-state index in [9.17, 15) is 0 Å². The van der Waals surface area contributed by atoms with Crippen LogP contribution >= 0.6 is 0 Å². The van der Waals surface area contributed by atoms with Crippen LogP contribution in [0.25, 0.3) is 10.9 Å². The lowest BCUT2D eigenvalue weighted by Gasteiger charge is -2.10. The standard InChI is InChI=1S/C15H15N5O/c1-16-15-19-12-6-4-3-5-11(12)14(20-15)18-10-7-8-13(21-2)17-9-10/h3-9H,1-2H3,(H2,16,18,19,20). The highest BCUT2D eigenvalue weighted by Gasteiger charge is 2.07. The molecule has 106 valence electrons. The zero-order chi connectivity index (χ0) is 14.7. The predicted octanol–water partition coefficient (Wildman–Crippen LogP) is 2.82. The number of para-hydroxylation sites is 1. The van der Waals surface area contributed by atoms with Gasteiger partial charge in [0.1, 0.15) is 5.82 Å². The first-order valence-electron chi connectivity index (χ1n) is 6.52. The summed E-state index contributed by atoms with van der Waals surface area (Å²) in [7, 11) is 3.38. The summed E-state index contributed by atoms with van der Waals surface area (Å²) >= 11 is 0. The molecule has 21 heavy (non-hydrogen) atoms. The van der Waals surface area contributed by atoms with E-state index in [1.165, 1.54) is 0 Å². The Morgan fingerprint density at radius 1 is 1.05 bits per heavy atom. The smallest absolute Gasteiger partial charge is 0.224 e. The van der Waals surface area contributed by atoms with Gasteiger partial charge < -0.3 is 15.4 Å². The number of methoxy groups -OCH3 is 1. The van der Waals surface area contributed by atoms with Gasteiger partial charge in [-0.2, -0.15) is 4.98 Å². The normalized spacial score (nSPS) is 10.4. The van der Waals surface area contributed by atoms with Gasteiger partial charge in [0, 0.05) is 18.5 Å². The van der Waals surface area contributed by atoms with E-state index in [1.54, 1.807) is 26.4 Å². The first kappa shape index (κ1) is 13.1. The van der Waals surface area contributed by atoms with Gasteiger partial charge in [-0.1, -0.05) is 12.1 Å². The van der Waals surface area contributed by atoms with Crippen molar-refractivity contribution in [3.05, 3.63) is 42.6 Å². The molecule has 0 radical (unpaired) electrons. The number of benzene rings is 1. The monoisotopic (exact) mass is 281 g/mol. The number of hydrogen-bond donors (Lipinski definition) is 2. The van der Waals surface area contributed by atoms with Crippen molar-refractivity contribution in [2.45, 2.75) is 0 Å². The highest BCUT2D eigenvalue weighted by Crippen LogP contribution is 2.25. The quantitative estimate of drug-likeness (QED) is 0.766. The van der Waals surface area contributed by atoms with Crippen molar-refractivity contribution in [1.82, 2.24) is 15.0 Å². The maximum atomic E-state index is 5.05. The average molecular weight is 281 g/mol. The number of fused-ring (bicyclic) bond motifs is 1. The van der Waals surface area contributed by atoms with E-state index < -0.39 is 0 Å². The molecule has 0 unspecified atom stereocenters. The molecule has 0 bridgehead atoms. The molecule has 0 spiro atoms. The van der Waals surface area contributed by atoms with Crippen molar-refractivity contribution in [2.24, 2.45) is 0 Å². The van der Waals surface area contributed by atoms with Gasteiger partial charge in [0.05, 0.1) is 24.5 Å². The Bertz CT molecular complexity index is 758. The van der Waals surface area contributed by atoms with E-state index in [4.69, 9.17) is 4.74 Å². The third kappa shape index (κ3) is 2.69. The Kier molecular flexibility index (Phi) is 3.51. The molecule has 0 atom stereocenters. The summed E-state index contributed by atoms with van der Waals surface area (Å²) < 4.78 is 5.05. The second kappa shape index (κ2) is 5.62. The topological polar surface area (TPSA) is 72.0 Å². The van der Waals surface area contributed by atoms with Gasteiger partial charge >= 0.3 is 0 Å². The van der Waals surface area contributed by atoms with Crippen LogP contribution in [0.15, 0.2) is 42.6 Å². The van der Waals surface area contributed by atoms with Crippen LogP contribution in [-0.2, 0) is 0 Å². The molecule has 1 aromatic carbocycles. The summed E-state index contributed by atoms with van der Waals surface area (Å²) in [6.07, 6.45) is 1.70. The largest absolute Gasteiger partial charge is 0.481 e. The minimum atomic E-state index is 0.567. The maximum absolute atomic E-state index is 5.05. The Hall–Kier alpha value is -2.89. The Labute approximate surface area is 122 Å². The second-order valence-electron chi connectivity index (χ2n) is 4.38. The Morgan fingerprint density at radius 3 is 2.62 bits per heavy atom. The molecular weight excluding hydrogens is 266 g/mol. The van der Waals surface area contributed by atoms with Gasteiger partial charge in [0.2, 0.25) is 11.8 Å². The van der Waals surface area contributed by atoms with Crippen LogP contribution in [0.1, 0.15) is 0 Å². The molecule has 0 saturated carbocycles. The van der Waals surface area contributed by atoms with E-state index in [0.29, 0.717) is 11.8 Å². The van der Waals surface area contributed by atoms with E-state index >= 15 is 0 Å². The fourth-order valence-electron chi connectivity index (χ4n) is 2.00. The fraction of sp³-hybridized carbons (Fsp3) is 0.133.